The molecule has 0 fully saturated rings. The lowest BCUT2D eigenvalue weighted by atomic mass is 10.1. The summed E-state index contributed by atoms with van der Waals surface area (Å²) in [6.07, 6.45) is 69.7. The van der Waals surface area contributed by atoms with Crippen LogP contribution in [0, 0.1) is 0 Å². The van der Waals surface area contributed by atoms with Crippen LogP contribution in [0.5, 0.6) is 0 Å². The number of unbranched alkanes of at least 4 members (excludes halogenated alkanes) is 18. The minimum atomic E-state index is -4.94. The van der Waals surface area contributed by atoms with Gasteiger partial charge < -0.3 is 34.2 Å². The van der Waals surface area contributed by atoms with Gasteiger partial charge in [-0.1, -0.05) is 213 Å². The highest BCUT2D eigenvalue weighted by molar-refractivity contribution is 7.47. The van der Waals surface area contributed by atoms with Gasteiger partial charge in [0.1, 0.15) is 25.4 Å². The number of aliphatic hydroxyl groups excluding tert-OH is 2. The van der Waals surface area contributed by atoms with Crippen LogP contribution in [-0.2, 0) is 55.8 Å². The molecule has 18 heteroatoms. The van der Waals surface area contributed by atoms with Crippen molar-refractivity contribution in [3.8, 4) is 0 Å². The summed E-state index contributed by atoms with van der Waals surface area (Å²) in [6.45, 7) is 2.38. The van der Waals surface area contributed by atoms with Crippen molar-refractivity contribution >= 4 is 33.6 Å². The molecule has 5 unspecified atom stereocenters. The second kappa shape index (κ2) is 62.2. The molecular weight excluding hydrogens is 1150 g/mol. The highest BCUT2D eigenvalue weighted by Crippen LogP contribution is 2.45. The van der Waals surface area contributed by atoms with Crippen molar-refractivity contribution < 1.29 is 75.8 Å². The molecule has 0 amide bonds. The topological polar surface area (TPSA) is 231 Å². The molecule has 0 aromatic carbocycles. The van der Waals surface area contributed by atoms with Crippen LogP contribution in [0.3, 0.4) is 0 Å². The van der Waals surface area contributed by atoms with E-state index < -0.39 is 91.5 Å². The number of carbonyl (C=O) groups excluding carboxylic acids is 3. The molecule has 0 aromatic heterocycles. The minimum absolute atomic E-state index is 0.0725. The van der Waals surface area contributed by atoms with Crippen LogP contribution in [0.15, 0.2) is 122 Å². The van der Waals surface area contributed by atoms with E-state index >= 15 is 0 Å². The Kier molecular flexibility index (Phi) is 59.3. The summed E-state index contributed by atoms with van der Waals surface area (Å²) in [6, 6.07) is 0. The van der Waals surface area contributed by atoms with Gasteiger partial charge in [-0.3, -0.25) is 32.5 Å². The van der Waals surface area contributed by atoms with Crippen molar-refractivity contribution in [2.24, 2.45) is 0 Å². The van der Waals surface area contributed by atoms with E-state index in [0.29, 0.717) is 25.7 Å². The summed E-state index contributed by atoms with van der Waals surface area (Å²) >= 11 is 0. The number of carbonyl (C=O) groups is 3. The number of rotatable bonds is 61. The molecular formula is C69H116O16P2. The third-order valence-corrected chi connectivity index (χ3v) is 15.0. The Morgan fingerprint density at radius 3 is 1.01 bits per heavy atom. The van der Waals surface area contributed by atoms with Crippen molar-refractivity contribution in [2.75, 3.05) is 39.6 Å². The fourth-order valence-corrected chi connectivity index (χ4v) is 9.70. The monoisotopic (exact) mass is 1260 g/mol. The zero-order valence-corrected chi connectivity index (χ0v) is 55.4. The first-order valence-electron chi connectivity index (χ1n) is 32.8. The van der Waals surface area contributed by atoms with E-state index in [1.807, 2.05) is 12.2 Å². The molecule has 87 heavy (non-hydrogen) atoms. The largest absolute Gasteiger partial charge is 0.472 e. The van der Waals surface area contributed by atoms with Gasteiger partial charge in [-0.15, -0.1) is 0 Å². The van der Waals surface area contributed by atoms with E-state index in [-0.39, 0.29) is 19.3 Å². The van der Waals surface area contributed by atoms with E-state index in [1.54, 1.807) is 0 Å². The van der Waals surface area contributed by atoms with Gasteiger partial charge in [0.25, 0.3) is 0 Å². The molecule has 0 radical (unpaired) electrons. The molecule has 5 atom stereocenters. The van der Waals surface area contributed by atoms with Gasteiger partial charge in [0.15, 0.2) is 6.10 Å². The summed E-state index contributed by atoms with van der Waals surface area (Å²) in [4.78, 5) is 58.3. The quantitative estimate of drug-likeness (QED) is 0.0146. The van der Waals surface area contributed by atoms with Crippen LogP contribution >= 0.6 is 15.6 Å². The van der Waals surface area contributed by atoms with Gasteiger partial charge in [-0.25, -0.2) is 9.13 Å². The maximum Gasteiger partial charge on any atom is 0.472 e. The predicted molar refractivity (Wildman–Crippen MR) is 353 cm³/mol. The molecule has 16 nitrogen and oxygen atoms in total. The van der Waals surface area contributed by atoms with Crippen molar-refractivity contribution in [3.63, 3.8) is 0 Å². The summed E-state index contributed by atoms with van der Waals surface area (Å²) in [7, 11) is -9.80. The molecule has 0 spiro atoms. The van der Waals surface area contributed by atoms with Crippen LogP contribution in [0.4, 0.5) is 0 Å². The SMILES string of the molecule is CC/C=C\C/C=C\C/C=C\C/C=C\C/C=C\CCCC(=O)OCC(COP(=O)(O)OCC(O)COP(=O)(O)OCC(O)COC(=O)CCCCCCCC/C=C\C/C=C\C/C=C\CCCCC)OC(=O)CCCCCCC/C=C\C/C=C\CCCCC. The molecule has 0 rings (SSSR count). The maximum atomic E-state index is 12.9. The van der Waals surface area contributed by atoms with Gasteiger partial charge in [-0.2, -0.15) is 0 Å². The Labute approximate surface area is 525 Å². The summed E-state index contributed by atoms with van der Waals surface area (Å²) in [5.41, 5.74) is 0. The Balaban J connectivity index is 4.76. The second-order valence-corrected chi connectivity index (χ2v) is 24.4. The maximum absolute atomic E-state index is 12.9. The van der Waals surface area contributed by atoms with E-state index in [0.717, 1.165) is 135 Å². The zero-order chi connectivity index (χ0) is 63.8. The normalized spacial score (nSPS) is 15.1. The Morgan fingerprint density at radius 2 is 0.621 bits per heavy atom. The Morgan fingerprint density at radius 1 is 0.333 bits per heavy atom. The first-order valence-corrected chi connectivity index (χ1v) is 35.8. The average molecular weight is 1260 g/mol. The lowest BCUT2D eigenvalue weighted by Crippen LogP contribution is -2.30. The van der Waals surface area contributed by atoms with E-state index in [1.165, 1.54) is 38.5 Å². The van der Waals surface area contributed by atoms with Crippen LogP contribution < -0.4 is 0 Å². The van der Waals surface area contributed by atoms with Crippen molar-refractivity contribution in [1.29, 1.82) is 0 Å². The molecule has 0 aromatic rings. The fourth-order valence-electron chi connectivity index (χ4n) is 8.11. The summed E-state index contributed by atoms with van der Waals surface area (Å²) in [5, 5.41) is 20.5. The highest BCUT2D eigenvalue weighted by Gasteiger charge is 2.29. The lowest BCUT2D eigenvalue weighted by molar-refractivity contribution is -0.161. The Bertz CT molecular complexity index is 2070. The fraction of sp³-hybridized carbons (Fsp3) is 0.667. The molecule has 0 aliphatic carbocycles. The number of ether oxygens (including phenoxy) is 3. The van der Waals surface area contributed by atoms with E-state index in [9.17, 15) is 43.5 Å². The van der Waals surface area contributed by atoms with Crippen molar-refractivity contribution in [2.45, 2.75) is 257 Å². The molecule has 0 saturated carbocycles. The van der Waals surface area contributed by atoms with Gasteiger partial charge >= 0.3 is 33.6 Å². The number of esters is 3. The third-order valence-electron chi connectivity index (χ3n) is 13.1. The lowest BCUT2D eigenvalue weighted by Gasteiger charge is -2.21. The summed E-state index contributed by atoms with van der Waals surface area (Å²) in [5.74, 6) is -1.68. The van der Waals surface area contributed by atoms with Crippen LogP contribution in [0.2, 0.25) is 0 Å². The molecule has 0 aliphatic heterocycles. The van der Waals surface area contributed by atoms with Gasteiger partial charge in [-0.05, 0) is 128 Å². The molecule has 0 bridgehead atoms. The zero-order valence-electron chi connectivity index (χ0n) is 53.6. The standard InChI is InChI=1S/C69H116O16P2/c1-4-7-10-13-16-19-22-25-28-30-31-33-36-37-40-43-46-49-52-55-67(72)79-58-64(70)59-81-86(75,76)82-60-65(71)61-83-87(77,78)84-63-66(85-69(74)57-54-51-48-45-42-39-34-27-24-21-18-15-12-9-6-3)62-80-68(73)56-53-50-47-44-41-38-35-32-29-26-23-20-17-14-11-8-5-2/h8,11,16-21,25-29,31,33-35,38,44,47,64-66,70-71H,4-7,9-10,12-15,22-24,30,32,36-37,39-43,45-46,48-63H2,1-3H3,(H,75,76)(H,77,78)/b11-8-,19-16-,20-17-,21-18-,28-25-,29-26-,33-31-,34-27-,38-35-,47-44-. The van der Waals surface area contributed by atoms with E-state index in [2.05, 4.69) is 130 Å². The number of phosphoric ester groups is 2. The first-order chi connectivity index (χ1) is 42.2. The van der Waals surface area contributed by atoms with Crippen molar-refractivity contribution in [3.05, 3.63) is 122 Å². The molecule has 4 N–H and O–H groups in total. The second-order valence-electron chi connectivity index (χ2n) is 21.5. The number of hydrogen-bond donors (Lipinski definition) is 4. The number of aliphatic hydroxyl groups is 2. The average Bonchev–Trinajstić information content (AvgIpc) is 3.68. The van der Waals surface area contributed by atoms with Crippen LogP contribution in [0.25, 0.3) is 0 Å². The number of hydrogen-bond acceptors (Lipinski definition) is 14. The molecule has 0 saturated heterocycles. The summed E-state index contributed by atoms with van der Waals surface area (Å²) < 4.78 is 60.7. The van der Waals surface area contributed by atoms with Gasteiger partial charge in [0.2, 0.25) is 0 Å². The van der Waals surface area contributed by atoms with Gasteiger partial charge in [0.05, 0.1) is 26.4 Å². The van der Waals surface area contributed by atoms with Crippen LogP contribution in [-0.4, -0.2) is 95.9 Å². The highest BCUT2D eigenvalue weighted by atomic mass is 31.2. The van der Waals surface area contributed by atoms with E-state index in [4.69, 9.17) is 32.3 Å². The Hall–Kier alpha value is -4.05. The molecule has 498 valence electrons. The molecule has 0 heterocycles. The number of allylic oxidation sites excluding steroid dienone is 20. The third kappa shape index (κ3) is 63.3. The number of phosphoric acid groups is 2. The van der Waals surface area contributed by atoms with Crippen LogP contribution in [0.1, 0.15) is 239 Å². The van der Waals surface area contributed by atoms with Gasteiger partial charge in [0, 0.05) is 19.3 Å². The minimum Gasteiger partial charge on any atom is -0.463 e. The van der Waals surface area contributed by atoms with Crippen molar-refractivity contribution in [1.82, 2.24) is 0 Å². The first kappa shape index (κ1) is 83.0. The predicted octanol–water partition coefficient (Wildman–Crippen LogP) is 17.9. The molecule has 0 aliphatic rings. The smallest absolute Gasteiger partial charge is 0.463 e.